The van der Waals surface area contributed by atoms with Gasteiger partial charge in [-0.05, 0) is 36.4 Å². The second-order valence-electron chi connectivity index (χ2n) is 4.81. The van der Waals surface area contributed by atoms with Crippen molar-refractivity contribution in [1.82, 2.24) is 9.78 Å². The minimum Gasteiger partial charge on any atom is -0.496 e. The van der Waals surface area contributed by atoms with Crippen LogP contribution in [0.5, 0.6) is 5.75 Å². The van der Waals surface area contributed by atoms with E-state index in [-0.39, 0.29) is 5.69 Å². The maximum absolute atomic E-state index is 11.3. The van der Waals surface area contributed by atoms with Gasteiger partial charge in [-0.2, -0.15) is 5.10 Å². The van der Waals surface area contributed by atoms with Gasteiger partial charge in [0, 0.05) is 10.6 Å². The van der Waals surface area contributed by atoms with Gasteiger partial charge in [-0.1, -0.05) is 29.8 Å². The smallest absolute Gasteiger partial charge is 0.356 e. The fourth-order valence-electron chi connectivity index (χ4n) is 2.34. The van der Waals surface area contributed by atoms with Gasteiger partial charge in [0.15, 0.2) is 5.69 Å². The van der Waals surface area contributed by atoms with E-state index in [0.29, 0.717) is 22.2 Å². The van der Waals surface area contributed by atoms with Gasteiger partial charge in [-0.3, -0.25) is 0 Å². The van der Waals surface area contributed by atoms with E-state index in [4.69, 9.17) is 16.3 Å². The Morgan fingerprint density at radius 2 is 1.96 bits per heavy atom. The predicted octanol–water partition coefficient (Wildman–Crippen LogP) is 3.90. The van der Waals surface area contributed by atoms with E-state index in [1.807, 2.05) is 30.3 Å². The normalized spacial score (nSPS) is 10.5. The molecule has 0 saturated carbocycles. The molecule has 1 aromatic heterocycles. The van der Waals surface area contributed by atoms with Crippen molar-refractivity contribution in [2.24, 2.45) is 0 Å². The SMILES string of the molecule is COc1ccccc1-c1cc(C(=O)O)nn1-c1cccc(Cl)c1. The molecule has 1 N–H and O–H groups in total. The number of nitrogens with zero attached hydrogens (tertiary/aromatic N) is 2. The Morgan fingerprint density at radius 3 is 2.65 bits per heavy atom. The summed E-state index contributed by atoms with van der Waals surface area (Å²) in [6, 6.07) is 15.9. The summed E-state index contributed by atoms with van der Waals surface area (Å²) in [5, 5.41) is 14.0. The number of carbonyl (C=O) groups is 1. The number of benzene rings is 2. The highest BCUT2D eigenvalue weighted by Gasteiger charge is 2.18. The summed E-state index contributed by atoms with van der Waals surface area (Å²) in [6.07, 6.45) is 0. The molecule has 23 heavy (non-hydrogen) atoms. The van der Waals surface area contributed by atoms with E-state index >= 15 is 0 Å². The maximum Gasteiger partial charge on any atom is 0.356 e. The van der Waals surface area contributed by atoms with Gasteiger partial charge in [0.2, 0.25) is 0 Å². The lowest BCUT2D eigenvalue weighted by Gasteiger charge is -2.11. The average molecular weight is 329 g/mol. The summed E-state index contributed by atoms with van der Waals surface area (Å²) in [6.45, 7) is 0. The fraction of sp³-hybridized carbons (Fsp3) is 0.0588. The number of halogens is 1. The minimum absolute atomic E-state index is 0.0501. The lowest BCUT2D eigenvalue weighted by molar-refractivity contribution is 0.0690. The van der Waals surface area contributed by atoms with Crippen LogP contribution < -0.4 is 4.74 Å². The monoisotopic (exact) mass is 328 g/mol. The van der Waals surface area contributed by atoms with E-state index in [0.717, 1.165) is 5.56 Å². The third-order valence-corrected chi connectivity index (χ3v) is 3.60. The molecule has 6 heteroatoms. The van der Waals surface area contributed by atoms with E-state index in [9.17, 15) is 9.90 Å². The van der Waals surface area contributed by atoms with Crippen LogP contribution in [0.25, 0.3) is 16.9 Å². The van der Waals surface area contributed by atoms with Crippen molar-refractivity contribution in [2.45, 2.75) is 0 Å². The number of para-hydroxylation sites is 1. The third-order valence-electron chi connectivity index (χ3n) is 3.36. The molecule has 0 bridgehead atoms. The molecule has 5 nitrogen and oxygen atoms in total. The van der Waals surface area contributed by atoms with Crippen molar-refractivity contribution in [3.05, 3.63) is 65.3 Å². The Balaban J connectivity index is 2.25. The molecule has 0 radical (unpaired) electrons. The van der Waals surface area contributed by atoms with Crippen molar-refractivity contribution >= 4 is 17.6 Å². The first-order valence-corrected chi connectivity index (χ1v) is 7.20. The van der Waals surface area contributed by atoms with Gasteiger partial charge in [0.25, 0.3) is 0 Å². The number of hydrogen-bond acceptors (Lipinski definition) is 3. The Hall–Kier alpha value is -2.79. The molecule has 0 fully saturated rings. The summed E-state index contributed by atoms with van der Waals surface area (Å²) in [7, 11) is 1.57. The molecular weight excluding hydrogens is 316 g/mol. The predicted molar refractivity (Wildman–Crippen MR) is 87.5 cm³/mol. The zero-order valence-corrected chi connectivity index (χ0v) is 13.0. The Morgan fingerprint density at radius 1 is 1.17 bits per heavy atom. The fourth-order valence-corrected chi connectivity index (χ4v) is 2.52. The number of carboxylic acid groups (broad SMARTS) is 1. The summed E-state index contributed by atoms with van der Waals surface area (Å²) in [4.78, 5) is 11.3. The average Bonchev–Trinajstić information content (AvgIpc) is 3.00. The van der Waals surface area contributed by atoms with E-state index in [2.05, 4.69) is 5.10 Å². The summed E-state index contributed by atoms with van der Waals surface area (Å²) in [5.74, 6) is -0.463. The van der Waals surface area contributed by atoms with Crippen molar-refractivity contribution in [3.63, 3.8) is 0 Å². The second-order valence-corrected chi connectivity index (χ2v) is 5.25. The van der Waals surface area contributed by atoms with Crippen LogP contribution in [0.4, 0.5) is 0 Å². The number of aromatic nitrogens is 2. The minimum atomic E-state index is -1.10. The zero-order valence-electron chi connectivity index (χ0n) is 12.2. The van der Waals surface area contributed by atoms with Gasteiger partial charge >= 0.3 is 5.97 Å². The molecule has 116 valence electrons. The number of rotatable bonds is 4. The van der Waals surface area contributed by atoms with Gasteiger partial charge in [0.05, 0.1) is 18.5 Å². The van der Waals surface area contributed by atoms with Gasteiger partial charge in [0.1, 0.15) is 5.75 Å². The van der Waals surface area contributed by atoms with Gasteiger partial charge in [-0.25, -0.2) is 9.48 Å². The molecule has 0 atom stereocenters. The van der Waals surface area contributed by atoms with Crippen LogP contribution in [-0.4, -0.2) is 28.0 Å². The van der Waals surface area contributed by atoms with E-state index in [1.165, 1.54) is 6.07 Å². The topological polar surface area (TPSA) is 64.3 Å². The van der Waals surface area contributed by atoms with Gasteiger partial charge < -0.3 is 9.84 Å². The van der Waals surface area contributed by atoms with Crippen molar-refractivity contribution in [2.75, 3.05) is 7.11 Å². The van der Waals surface area contributed by atoms with Crippen LogP contribution in [-0.2, 0) is 0 Å². The molecule has 1 heterocycles. The Bertz CT molecular complexity index is 874. The Labute approximate surface area is 137 Å². The second kappa shape index (κ2) is 6.14. The van der Waals surface area contributed by atoms with E-state index < -0.39 is 5.97 Å². The molecule has 3 rings (SSSR count). The molecule has 0 amide bonds. The standard InChI is InChI=1S/C17H13ClN2O3/c1-23-16-8-3-2-7-13(16)15-10-14(17(21)22)19-20(15)12-6-4-5-11(18)9-12/h2-10H,1H3,(H,21,22). The van der Waals surface area contributed by atoms with Crippen LogP contribution >= 0.6 is 11.6 Å². The van der Waals surface area contributed by atoms with Crippen LogP contribution in [0.2, 0.25) is 5.02 Å². The first kappa shape index (κ1) is 15.1. The number of hydrogen-bond donors (Lipinski definition) is 1. The summed E-state index contributed by atoms with van der Waals surface area (Å²) < 4.78 is 6.92. The van der Waals surface area contributed by atoms with Crippen LogP contribution in [0.1, 0.15) is 10.5 Å². The zero-order chi connectivity index (χ0) is 16.4. The molecule has 2 aromatic carbocycles. The lowest BCUT2D eigenvalue weighted by Crippen LogP contribution is -2.02. The van der Waals surface area contributed by atoms with Crippen LogP contribution in [0, 0.1) is 0 Å². The molecular formula is C17H13ClN2O3. The molecule has 0 aliphatic carbocycles. The largest absolute Gasteiger partial charge is 0.496 e. The summed E-state index contributed by atoms with van der Waals surface area (Å²) >= 11 is 6.04. The highest BCUT2D eigenvalue weighted by molar-refractivity contribution is 6.30. The molecule has 0 unspecified atom stereocenters. The highest BCUT2D eigenvalue weighted by Crippen LogP contribution is 2.32. The first-order chi connectivity index (χ1) is 11.1. The number of carboxylic acids is 1. The third kappa shape index (κ3) is 2.91. The van der Waals surface area contributed by atoms with Crippen LogP contribution in [0.15, 0.2) is 54.6 Å². The molecule has 0 aliphatic heterocycles. The van der Waals surface area contributed by atoms with Crippen molar-refractivity contribution in [3.8, 4) is 22.7 Å². The molecule has 0 saturated heterocycles. The number of aromatic carboxylic acids is 1. The summed E-state index contributed by atoms with van der Waals surface area (Å²) in [5.41, 5.74) is 1.98. The quantitative estimate of drug-likeness (QED) is 0.789. The van der Waals surface area contributed by atoms with Crippen LogP contribution in [0.3, 0.4) is 0 Å². The maximum atomic E-state index is 11.3. The van der Waals surface area contributed by atoms with Crippen molar-refractivity contribution in [1.29, 1.82) is 0 Å². The van der Waals surface area contributed by atoms with Crippen molar-refractivity contribution < 1.29 is 14.6 Å². The highest BCUT2D eigenvalue weighted by atomic mass is 35.5. The molecule has 0 aliphatic rings. The van der Waals surface area contributed by atoms with Gasteiger partial charge in [-0.15, -0.1) is 0 Å². The van der Waals surface area contributed by atoms with E-state index in [1.54, 1.807) is 30.0 Å². The first-order valence-electron chi connectivity index (χ1n) is 6.83. The Kier molecular flexibility index (Phi) is 4.04. The number of ether oxygens (including phenoxy) is 1. The lowest BCUT2D eigenvalue weighted by atomic mass is 10.1. The number of methoxy groups -OCH3 is 1. The molecule has 0 spiro atoms. The molecule has 3 aromatic rings.